The predicted molar refractivity (Wildman–Crippen MR) is 108 cm³/mol. The highest BCUT2D eigenvalue weighted by molar-refractivity contribution is 6.08. The summed E-state index contributed by atoms with van der Waals surface area (Å²) in [7, 11) is 0. The van der Waals surface area contributed by atoms with Crippen LogP contribution in [0, 0.1) is 17.2 Å². The Hall–Kier alpha value is -2.55. The molecule has 0 saturated heterocycles. The van der Waals surface area contributed by atoms with Crippen LogP contribution in [0.15, 0.2) is 61.3 Å². The number of benzene rings is 2. The van der Waals surface area contributed by atoms with Crippen LogP contribution in [0.1, 0.15) is 26.8 Å². The molecule has 0 amide bonds. The molecule has 1 aromatic heterocycles. The second-order valence-corrected chi connectivity index (χ2v) is 6.94. The van der Waals surface area contributed by atoms with Gasteiger partial charge in [0.2, 0.25) is 0 Å². The third-order valence-corrected chi connectivity index (χ3v) is 5.62. The Kier molecular flexibility index (Phi) is 4.93. The van der Waals surface area contributed by atoms with Crippen molar-refractivity contribution in [2.75, 3.05) is 0 Å². The normalized spacial score (nSPS) is 16.3. The van der Waals surface area contributed by atoms with Gasteiger partial charge in [0.25, 0.3) is 0 Å². The zero-order valence-corrected chi connectivity index (χ0v) is 15.2. The van der Waals surface area contributed by atoms with Crippen LogP contribution in [-0.2, 0) is 0 Å². The summed E-state index contributed by atoms with van der Waals surface area (Å²) in [5.74, 6) is 0.698. The van der Waals surface area contributed by atoms with Gasteiger partial charge in [0.1, 0.15) is 0 Å². The van der Waals surface area contributed by atoms with E-state index < -0.39 is 0 Å². The highest BCUT2D eigenvalue weighted by Gasteiger charge is 2.28. The molecule has 1 unspecified atom stereocenters. The summed E-state index contributed by atoms with van der Waals surface area (Å²) in [4.78, 5) is 0. The van der Waals surface area contributed by atoms with E-state index in [2.05, 4.69) is 85.8 Å². The minimum atomic E-state index is 0.00821. The molecular formula is C22H27N3. The van der Waals surface area contributed by atoms with Gasteiger partial charge in [-0.05, 0) is 37.1 Å². The number of aromatic nitrogens is 1. The lowest BCUT2D eigenvalue weighted by Crippen LogP contribution is -2.35. The molecule has 2 N–H and O–H groups in total. The van der Waals surface area contributed by atoms with E-state index in [-0.39, 0.29) is 6.04 Å². The number of hydrogen-bond acceptors (Lipinski definition) is 2. The number of nitrogens with zero attached hydrogens (tertiary/aromatic N) is 1. The standard InChI is InChI=1S/C22H27N3/c1-5-24-17(4)15(2)16(3)22(14-23)25-20-12-8-6-10-18(20)19-11-7-9-13-21(19)25/h5-17,22-24H,1H2,2-4H3/t15-,16-,17+,22?/m1/s1. The summed E-state index contributed by atoms with van der Waals surface area (Å²) in [6.45, 7) is 10.4. The van der Waals surface area contributed by atoms with Crippen molar-refractivity contribution in [2.24, 2.45) is 11.8 Å². The first-order valence-corrected chi connectivity index (χ1v) is 8.95. The first-order valence-electron chi connectivity index (χ1n) is 8.95. The smallest absolute Gasteiger partial charge is 0.0715 e. The molecule has 1 heterocycles. The molecule has 0 bridgehead atoms. The summed E-state index contributed by atoms with van der Waals surface area (Å²) in [5.41, 5.74) is 2.39. The van der Waals surface area contributed by atoms with Crippen molar-refractivity contribution in [1.82, 2.24) is 9.88 Å². The molecule has 3 rings (SSSR count). The van der Waals surface area contributed by atoms with Crippen LogP contribution in [-0.4, -0.2) is 16.8 Å². The highest BCUT2D eigenvalue weighted by Crippen LogP contribution is 2.36. The first kappa shape index (κ1) is 17.3. The second-order valence-electron chi connectivity index (χ2n) is 6.94. The van der Waals surface area contributed by atoms with Crippen LogP contribution in [0.25, 0.3) is 21.8 Å². The fourth-order valence-electron chi connectivity index (χ4n) is 3.84. The van der Waals surface area contributed by atoms with Crippen molar-refractivity contribution in [1.29, 1.82) is 5.41 Å². The van der Waals surface area contributed by atoms with Gasteiger partial charge in [-0.3, -0.25) is 0 Å². The lowest BCUT2D eigenvalue weighted by molar-refractivity contribution is 0.275. The van der Waals surface area contributed by atoms with E-state index in [1.165, 1.54) is 21.8 Å². The number of hydrogen-bond donors (Lipinski definition) is 2. The van der Waals surface area contributed by atoms with Crippen LogP contribution in [0.5, 0.6) is 0 Å². The van der Waals surface area contributed by atoms with Gasteiger partial charge in [-0.1, -0.05) is 56.8 Å². The van der Waals surface area contributed by atoms with E-state index in [0.717, 1.165) is 0 Å². The summed E-state index contributed by atoms with van der Waals surface area (Å²) < 4.78 is 2.33. The lowest BCUT2D eigenvalue weighted by atomic mass is 9.84. The van der Waals surface area contributed by atoms with Crippen LogP contribution in [0.2, 0.25) is 0 Å². The minimum Gasteiger partial charge on any atom is -0.389 e. The molecular weight excluding hydrogens is 306 g/mol. The van der Waals surface area contributed by atoms with E-state index in [4.69, 9.17) is 5.41 Å². The highest BCUT2D eigenvalue weighted by atomic mass is 15.0. The fourth-order valence-corrected chi connectivity index (χ4v) is 3.84. The van der Waals surface area contributed by atoms with Crippen LogP contribution in [0.3, 0.4) is 0 Å². The third-order valence-electron chi connectivity index (χ3n) is 5.62. The van der Waals surface area contributed by atoms with Gasteiger partial charge in [-0.25, -0.2) is 0 Å². The summed E-state index contributed by atoms with van der Waals surface area (Å²) in [6, 6.07) is 17.3. The Morgan fingerprint density at radius 2 is 1.44 bits per heavy atom. The Bertz CT molecular complexity index is 839. The molecule has 0 saturated carbocycles. The van der Waals surface area contributed by atoms with E-state index >= 15 is 0 Å². The summed E-state index contributed by atoms with van der Waals surface area (Å²) in [6.07, 6.45) is 3.36. The lowest BCUT2D eigenvalue weighted by Gasteiger charge is -2.32. The topological polar surface area (TPSA) is 40.8 Å². The summed E-state index contributed by atoms with van der Waals surface area (Å²) in [5, 5.41) is 14.0. The number of fused-ring (bicyclic) bond motifs is 3. The monoisotopic (exact) mass is 333 g/mol. The maximum Gasteiger partial charge on any atom is 0.0715 e. The van der Waals surface area contributed by atoms with Crippen molar-refractivity contribution in [3.63, 3.8) is 0 Å². The Morgan fingerprint density at radius 3 is 1.92 bits per heavy atom. The molecule has 0 aliphatic heterocycles. The Morgan fingerprint density at radius 1 is 0.920 bits per heavy atom. The van der Waals surface area contributed by atoms with E-state index in [0.29, 0.717) is 17.9 Å². The van der Waals surface area contributed by atoms with Crippen LogP contribution < -0.4 is 5.32 Å². The van der Waals surface area contributed by atoms with Crippen molar-refractivity contribution in [3.05, 3.63) is 61.3 Å². The average molecular weight is 333 g/mol. The predicted octanol–water partition coefficient (Wildman–Crippen LogP) is 5.38. The SMILES string of the molecule is C=CN[C@@H](C)[C@H](C)[C@@H](C)C(C=N)n1c2ccccc2c2ccccc21. The van der Waals surface area contributed by atoms with Crippen molar-refractivity contribution in [2.45, 2.75) is 32.9 Å². The van der Waals surface area contributed by atoms with Gasteiger partial charge in [-0.15, -0.1) is 0 Å². The maximum absolute atomic E-state index is 8.17. The van der Waals surface area contributed by atoms with Gasteiger partial charge in [-0.2, -0.15) is 0 Å². The molecule has 3 aromatic rings. The molecule has 0 aliphatic rings. The Labute approximate surface area is 149 Å². The second kappa shape index (κ2) is 7.14. The van der Waals surface area contributed by atoms with Crippen molar-refractivity contribution in [3.8, 4) is 0 Å². The molecule has 130 valence electrons. The quantitative estimate of drug-likeness (QED) is 0.560. The molecule has 3 nitrogen and oxygen atoms in total. The minimum absolute atomic E-state index is 0.00821. The number of nitrogens with one attached hydrogen (secondary N) is 2. The molecule has 0 fully saturated rings. The zero-order chi connectivity index (χ0) is 18.0. The average Bonchev–Trinajstić information content (AvgIpc) is 2.97. The molecule has 3 heteroatoms. The van der Waals surface area contributed by atoms with Gasteiger partial charge in [0, 0.05) is 34.1 Å². The van der Waals surface area contributed by atoms with Gasteiger partial charge >= 0.3 is 0 Å². The van der Waals surface area contributed by atoms with E-state index in [1.807, 2.05) is 0 Å². The molecule has 0 spiro atoms. The molecule has 25 heavy (non-hydrogen) atoms. The third kappa shape index (κ3) is 2.95. The summed E-state index contributed by atoms with van der Waals surface area (Å²) >= 11 is 0. The van der Waals surface area contributed by atoms with Gasteiger partial charge in [0.15, 0.2) is 0 Å². The Balaban J connectivity index is 2.14. The van der Waals surface area contributed by atoms with Crippen LogP contribution >= 0.6 is 0 Å². The molecule has 0 radical (unpaired) electrons. The van der Waals surface area contributed by atoms with E-state index in [9.17, 15) is 0 Å². The molecule has 4 atom stereocenters. The molecule has 2 aromatic carbocycles. The van der Waals surface area contributed by atoms with Crippen molar-refractivity contribution >= 4 is 28.0 Å². The largest absolute Gasteiger partial charge is 0.389 e. The first-order chi connectivity index (χ1) is 12.1. The van der Waals surface area contributed by atoms with Crippen LogP contribution in [0.4, 0.5) is 0 Å². The molecule has 0 aliphatic carbocycles. The number of rotatable bonds is 7. The number of para-hydroxylation sites is 2. The van der Waals surface area contributed by atoms with E-state index in [1.54, 1.807) is 12.4 Å². The zero-order valence-electron chi connectivity index (χ0n) is 15.2. The van der Waals surface area contributed by atoms with Gasteiger partial charge < -0.3 is 15.3 Å². The van der Waals surface area contributed by atoms with Gasteiger partial charge in [0.05, 0.1) is 6.04 Å². The maximum atomic E-state index is 8.17. The fraction of sp³-hybridized carbons (Fsp3) is 0.318. The van der Waals surface area contributed by atoms with Crippen molar-refractivity contribution < 1.29 is 0 Å².